The zero-order valence-electron chi connectivity index (χ0n) is 11.4. The van der Waals surface area contributed by atoms with Gasteiger partial charge in [-0.1, -0.05) is 6.07 Å². The molecule has 1 amide bonds. The molecule has 0 unspecified atom stereocenters. The zero-order valence-corrected chi connectivity index (χ0v) is 13.0. The van der Waals surface area contributed by atoms with Crippen LogP contribution in [0.15, 0.2) is 45.9 Å². The number of carbonyl (C=O) groups excluding carboxylic acids is 1. The molecule has 0 saturated carbocycles. The topological polar surface area (TPSA) is 73.2 Å². The third kappa shape index (κ3) is 4.24. The van der Waals surface area contributed by atoms with E-state index in [9.17, 15) is 9.59 Å². The number of nitrogens with one attached hydrogen (secondary N) is 1. The molecule has 6 nitrogen and oxygen atoms in total. The maximum absolute atomic E-state index is 12.1. The third-order valence-corrected chi connectivity index (χ3v) is 3.17. The van der Waals surface area contributed by atoms with Crippen LogP contribution >= 0.6 is 15.9 Å². The molecule has 0 aliphatic rings. The zero-order chi connectivity index (χ0) is 15.2. The molecule has 0 saturated heterocycles. The van der Waals surface area contributed by atoms with Crippen molar-refractivity contribution in [1.29, 1.82) is 0 Å². The smallest absolute Gasteiger partial charge is 0.274 e. The first-order valence-electron chi connectivity index (χ1n) is 6.23. The van der Waals surface area contributed by atoms with E-state index in [2.05, 4.69) is 26.2 Å². The van der Waals surface area contributed by atoms with Crippen LogP contribution in [-0.4, -0.2) is 29.2 Å². The van der Waals surface area contributed by atoms with Gasteiger partial charge < -0.3 is 14.6 Å². The first-order valence-corrected chi connectivity index (χ1v) is 7.03. The Balaban J connectivity index is 2.16. The van der Waals surface area contributed by atoms with Crippen LogP contribution in [0.2, 0.25) is 0 Å². The molecule has 2 aromatic heterocycles. The van der Waals surface area contributed by atoms with Gasteiger partial charge in [-0.3, -0.25) is 9.59 Å². The quantitative estimate of drug-likeness (QED) is 0.835. The van der Waals surface area contributed by atoms with Gasteiger partial charge in [-0.15, -0.1) is 0 Å². The van der Waals surface area contributed by atoms with E-state index >= 15 is 0 Å². The summed E-state index contributed by atoms with van der Waals surface area (Å²) < 4.78 is 7.01. The molecule has 2 heterocycles. The van der Waals surface area contributed by atoms with Gasteiger partial charge in [-0.25, -0.2) is 4.98 Å². The molecule has 0 atom stereocenters. The lowest BCUT2D eigenvalue weighted by atomic mass is 10.3. The van der Waals surface area contributed by atoms with Crippen LogP contribution in [0.25, 0.3) is 0 Å². The number of amides is 1. The molecular formula is C14H14BrN3O3. The maximum Gasteiger partial charge on any atom is 0.274 e. The van der Waals surface area contributed by atoms with E-state index in [4.69, 9.17) is 4.74 Å². The Bertz CT molecular complexity index is 700. The molecule has 0 aliphatic heterocycles. The fraction of sp³-hybridized carbons (Fsp3) is 0.214. The van der Waals surface area contributed by atoms with Crippen molar-refractivity contribution in [3.8, 4) is 0 Å². The Labute approximate surface area is 129 Å². The van der Waals surface area contributed by atoms with Crippen LogP contribution in [0.5, 0.6) is 0 Å². The fourth-order valence-electron chi connectivity index (χ4n) is 1.70. The summed E-state index contributed by atoms with van der Waals surface area (Å²) in [6.07, 6.45) is 1.58. The SMILES string of the molecule is COCCn1cc(NC(=O)c2cccc(Br)n2)ccc1=O. The van der Waals surface area contributed by atoms with Gasteiger partial charge in [0.05, 0.1) is 12.3 Å². The maximum atomic E-state index is 12.1. The Kier molecular flexibility index (Phi) is 5.24. The van der Waals surface area contributed by atoms with E-state index in [0.29, 0.717) is 29.1 Å². The van der Waals surface area contributed by atoms with Crippen LogP contribution in [-0.2, 0) is 11.3 Å². The van der Waals surface area contributed by atoms with E-state index in [-0.39, 0.29) is 11.5 Å². The highest BCUT2D eigenvalue weighted by atomic mass is 79.9. The molecule has 0 spiro atoms. The monoisotopic (exact) mass is 351 g/mol. The van der Waals surface area contributed by atoms with Crippen LogP contribution in [0.4, 0.5) is 5.69 Å². The summed E-state index contributed by atoms with van der Waals surface area (Å²) in [6, 6.07) is 8.04. The minimum Gasteiger partial charge on any atom is -0.383 e. The van der Waals surface area contributed by atoms with Crippen molar-refractivity contribution in [2.45, 2.75) is 6.54 Å². The van der Waals surface area contributed by atoms with Crippen molar-refractivity contribution in [3.05, 3.63) is 57.2 Å². The van der Waals surface area contributed by atoms with Crippen LogP contribution < -0.4 is 10.9 Å². The van der Waals surface area contributed by atoms with Crippen LogP contribution in [0.3, 0.4) is 0 Å². The standard InChI is InChI=1S/C14H14BrN3O3/c1-21-8-7-18-9-10(5-6-13(18)19)16-14(20)11-3-2-4-12(15)17-11/h2-6,9H,7-8H2,1H3,(H,16,20). The van der Waals surface area contributed by atoms with E-state index in [1.807, 2.05) is 0 Å². The van der Waals surface area contributed by atoms with E-state index in [0.717, 1.165) is 0 Å². The van der Waals surface area contributed by atoms with Gasteiger partial charge in [0.2, 0.25) is 0 Å². The normalized spacial score (nSPS) is 10.4. The highest BCUT2D eigenvalue weighted by Gasteiger charge is 2.08. The van der Waals surface area contributed by atoms with Gasteiger partial charge in [0.15, 0.2) is 0 Å². The van der Waals surface area contributed by atoms with Crippen molar-refractivity contribution in [2.75, 3.05) is 19.0 Å². The van der Waals surface area contributed by atoms with E-state index in [1.54, 1.807) is 37.6 Å². The summed E-state index contributed by atoms with van der Waals surface area (Å²) >= 11 is 3.22. The molecule has 2 rings (SSSR count). The largest absolute Gasteiger partial charge is 0.383 e. The second-order valence-corrected chi connectivity index (χ2v) is 5.05. The fourth-order valence-corrected chi connectivity index (χ4v) is 2.04. The Hall–Kier alpha value is -1.99. The molecule has 21 heavy (non-hydrogen) atoms. The average molecular weight is 352 g/mol. The van der Waals surface area contributed by atoms with Crippen molar-refractivity contribution in [1.82, 2.24) is 9.55 Å². The van der Waals surface area contributed by atoms with Crippen LogP contribution in [0.1, 0.15) is 10.5 Å². The molecule has 0 fully saturated rings. The number of halogens is 1. The first kappa shape index (κ1) is 15.4. The number of carbonyl (C=O) groups is 1. The number of rotatable bonds is 5. The molecule has 0 aromatic carbocycles. The molecule has 7 heteroatoms. The Morgan fingerprint density at radius 1 is 1.38 bits per heavy atom. The summed E-state index contributed by atoms with van der Waals surface area (Å²) in [7, 11) is 1.57. The lowest BCUT2D eigenvalue weighted by Gasteiger charge is -2.09. The lowest BCUT2D eigenvalue weighted by Crippen LogP contribution is -2.22. The predicted molar refractivity (Wildman–Crippen MR) is 82.5 cm³/mol. The second kappa shape index (κ2) is 7.14. The van der Waals surface area contributed by atoms with Crippen molar-refractivity contribution in [3.63, 3.8) is 0 Å². The predicted octanol–water partition coefficient (Wildman–Crippen LogP) is 1.90. The minimum absolute atomic E-state index is 0.148. The van der Waals surface area contributed by atoms with Crippen LogP contribution in [0, 0.1) is 0 Å². The molecule has 2 aromatic rings. The van der Waals surface area contributed by atoms with Gasteiger partial charge in [-0.2, -0.15) is 0 Å². The Morgan fingerprint density at radius 2 is 2.19 bits per heavy atom. The number of aromatic nitrogens is 2. The molecular weight excluding hydrogens is 338 g/mol. The van der Waals surface area contributed by atoms with E-state index < -0.39 is 0 Å². The number of methoxy groups -OCH3 is 1. The van der Waals surface area contributed by atoms with Crippen molar-refractivity contribution in [2.24, 2.45) is 0 Å². The Morgan fingerprint density at radius 3 is 2.90 bits per heavy atom. The van der Waals surface area contributed by atoms with E-state index in [1.165, 1.54) is 10.6 Å². The molecule has 110 valence electrons. The average Bonchev–Trinajstić information content (AvgIpc) is 2.47. The lowest BCUT2D eigenvalue weighted by molar-refractivity contribution is 0.102. The summed E-state index contributed by atoms with van der Waals surface area (Å²) in [6.45, 7) is 0.846. The van der Waals surface area contributed by atoms with Gasteiger partial charge in [0.1, 0.15) is 10.3 Å². The number of anilines is 1. The molecule has 0 radical (unpaired) electrons. The number of ether oxygens (including phenoxy) is 1. The summed E-state index contributed by atoms with van der Waals surface area (Å²) in [5, 5.41) is 2.71. The summed E-state index contributed by atoms with van der Waals surface area (Å²) in [4.78, 5) is 27.8. The van der Waals surface area contributed by atoms with Gasteiger partial charge >= 0.3 is 0 Å². The molecule has 0 aliphatic carbocycles. The highest BCUT2D eigenvalue weighted by Crippen LogP contribution is 2.09. The minimum atomic E-state index is -0.340. The van der Waals surface area contributed by atoms with Gasteiger partial charge in [0.25, 0.3) is 11.5 Å². The van der Waals surface area contributed by atoms with Gasteiger partial charge in [-0.05, 0) is 34.1 Å². The van der Waals surface area contributed by atoms with Crippen molar-refractivity contribution >= 4 is 27.5 Å². The summed E-state index contributed by atoms with van der Waals surface area (Å²) in [5.74, 6) is -0.340. The number of hydrogen-bond donors (Lipinski definition) is 1. The van der Waals surface area contributed by atoms with Gasteiger partial charge in [0, 0.05) is 25.9 Å². The first-order chi connectivity index (χ1) is 10.1. The number of nitrogens with zero attached hydrogens (tertiary/aromatic N) is 2. The van der Waals surface area contributed by atoms with Crippen molar-refractivity contribution < 1.29 is 9.53 Å². The number of pyridine rings is 2. The molecule has 0 bridgehead atoms. The second-order valence-electron chi connectivity index (χ2n) is 4.24. The molecule has 1 N–H and O–H groups in total. The number of hydrogen-bond acceptors (Lipinski definition) is 4. The summed E-state index contributed by atoms with van der Waals surface area (Å²) in [5.41, 5.74) is 0.669. The highest BCUT2D eigenvalue weighted by molar-refractivity contribution is 9.10. The third-order valence-electron chi connectivity index (χ3n) is 2.73.